The van der Waals surface area contributed by atoms with Gasteiger partial charge in [0, 0.05) is 18.8 Å². The SMILES string of the molecule is Cn1[nH]c(=O)c(=O)nc1SCC(N)C(C)(C)C. The van der Waals surface area contributed by atoms with E-state index in [2.05, 4.69) is 30.9 Å². The lowest BCUT2D eigenvalue weighted by Gasteiger charge is -2.26. The Balaban J connectivity index is 2.81. The van der Waals surface area contributed by atoms with Gasteiger partial charge < -0.3 is 5.73 Å². The molecular weight excluding hydrogens is 240 g/mol. The van der Waals surface area contributed by atoms with Gasteiger partial charge in [-0.05, 0) is 5.41 Å². The van der Waals surface area contributed by atoms with Gasteiger partial charge in [0.15, 0.2) is 5.16 Å². The number of H-pyrrole nitrogens is 1. The molecule has 0 saturated carbocycles. The Hall–Kier alpha value is -1.08. The van der Waals surface area contributed by atoms with Gasteiger partial charge in [0.2, 0.25) is 0 Å². The minimum Gasteiger partial charge on any atom is -0.326 e. The van der Waals surface area contributed by atoms with Crippen molar-refractivity contribution in [3.05, 3.63) is 20.7 Å². The molecule has 1 rings (SSSR count). The Morgan fingerprint density at radius 2 is 2.06 bits per heavy atom. The maximum atomic E-state index is 11.1. The molecule has 3 N–H and O–H groups in total. The summed E-state index contributed by atoms with van der Waals surface area (Å²) in [5.74, 6) is 0.635. The van der Waals surface area contributed by atoms with Crippen LogP contribution in [0.3, 0.4) is 0 Å². The molecule has 0 bridgehead atoms. The highest BCUT2D eigenvalue weighted by atomic mass is 32.2. The topological polar surface area (TPSA) is 93.8 Å². The van der Waals surface area contributed by atoms with Crippen LogP contribution in [0.15, 0.2) is 14.7 Å². The van der Waals surface area contributed by atoms with Crippen LogP contribution in [-0.4, -0.2) is 26.6 Å². The van der Waals surface area contributed by atoms with Crippen LogP contribution >= 0.6 is 11.8 Å². The smallest absolute Gasteiger partial charge is 0.326 e. The summed E-state index contributed by atoms with van der Waals surface area (Å²) < 4.78 is 1.43. The van der Waals surface area contributed by atoms with Gasteiger partial charge in [-0.3, -0.25) is 19.4 Å². The van der Waals surface area contributed by atoms with Gasteiger partial charge in [-0.2, -0.15) is 4.98 Å². The molecule has 0 aliphatic heterocycles. The van der Waals surface area contributed by atoms with Crippen LogP contribution in [0.2, 0.25) is 0 Å². The molecule has 0 fully saturated rings. The third-order valence-corrected chi connectivity index (χ3v) is 3.60. The fraction of sp³-hybridized carbons (Fsp3) is 0.700. The molecular formula is C10H18N4O2S. The Morgan fingerprint density at radius 3 is 2.59 bits per heavy atom. The van der Waals surface area contributed by atoms with E-state index in [-0.39, 0.29) is 11.5 Å². The Kier molecular flexibility index (Phi) is 4.16. The molecule has 0 aromatic carbocycles. The third-order valence-electron chi connectivity index (χ3n) is 2.45. The number of aromatic nitrogens is 3. The van der Waals surface area contributed by atoms with E-state index in [1.54, 1.807) is 7.05 Å². The van der Waals surface area contributed by atoms with E-state index in [0.717, 1.165) is 0 Å². The highest BCUT2D eigenvalue weighted by Gasteiger charge is 2.21. The largest absolute Gasteiger partial charge is 0.339 e. The fourth-order valence-corrected chi connectivity index (χ4v) is 2.22. The first kappa shape index (κ1) is 14.0. The predicted octanol–water partition coefficient (Wildman–Crippen LogP) is -0.0659. The summed E-state index contributed by atoms with van der Waals surface area (Å²) >= 11 is 1.36. The van der Waals surface area contributed by atoms with Crippen molar-refractivity contribution in [2.75, 3.05) is 5.75 Å². The van der Waals surface area contributed by atoms with Crippen molar-refractivity contribution in [3.8, 4) is 0 Å². The first-order valence-electron chi connectivity index (χ1n) is 5.27. The Bertz CT molecular complexity index is 500. The second-order valence-electron chi connectivity index (χ2n) is 4.98. The normalized spacial score (nSPS) is 13.7. The summed E-state index contributed by atoms with van der Waals surface area (Å²) in [6.45, 7) is 6.16. The number of aryl methyl sites for hydroxylation is 1. The van der Waals surface area contributed by atoms with Crippen LogP contribution in [0.1, 0.15) is 20.8 Å². The predicted molar refractivity (Wildman–Crippen MR) is 68.3 cm³/mol. The van der Waals surface area contributed by atoms with Gasteiger partial charge in [-0.15, -0.1) is 0 Å². The molecule has 0 spiro atoms. The van der Waals surface area contributed by atoms with Crippen molar-refractivity contribution in [1.82, 2.24) is 14.8 Å². The van der Waals surface area contributed by atoms with E-state index < -0.39 is 11.1 Å². The minimum atomic E-state index is -0.769. The van der Waals surface area contributed by atoms with Crippen molar-refractivity contribution in [2.24, 2.45) is 18.2 Å². The second kappa shape index (κ2) is 5.05. The second-order valence-corrected chi connectivity index (χ2v) is 5.97. The maximum absolute atomic E-state index is 11.1. The standard InChI is InChI=1S/C10H18N4O2S/c1-10(2,3)6(11)5-17-9-12-7(15)8(16)13-14(9)4/h6H,5,11H2,1-4H3,(H,13,16). The van der Waals surface area contributed by atoms with Crippen LogP contribution in [0.25, 0.3) is 0 Å². The molecule has 0 aliphatic rings. The number of nitrogens with one attached hydrogen (secondary N) is 1. The number of hydrogen-bond donors (Lipinski definition) is 2. The number of nitrogens with two attached hydrogens (primary N) is 1. The molecule has 0 aliphatic carbocycles. The van der Waals surface area contributed by atoms with Crippen LogP contribution in [0.4, 0.5) is 0 Å². The highest BCUT2D eigenvalue weighted by molar-refractivity contribution is 7.99. The quantitative estimate of drug-likeness (QED) is 0.585. The van der Waals surface area contributed by atoms with Crippen LogP contribution < -0.4 is 16.9 Å². The lowest BCUT2D eigenvalue weighted by Crippen LogP contribution is -2.38. The fourth-order valence-electron chi connectivity index (χ4n) is 1.00. The van der Waals surface area contributed by atoms with Gasteiger partial charge in [0.25, 0.3) is 0 Å². The molecule has 0 saturated heterocycles. The van der Waals surface area contributed by atoms with Crippen LogP contribution in [0.5, 0.6) is 0 Å². The summed E-state index contributed by atoms with van der Waals surface area (Å²) in [4.78, 5) is 25.8. The van der Waals surface area contributed by atoms with E-state index in [1.165, 1.54) is 16.4 Å². The summed E-state index contributed by atoms with van der Waals surface area (Å²) in [6.07, 6.45) is 0. The van der Waals surface area contributed by atoms with Crippen LogP contribution in [-0.2, 0) is 7.05 Å². The average Bonchev–Trinajstić information content (AvgIpc) is 2.19. The monoisotopic (exact) mass is 258 g/mol. The summed E-state index contributed by atoms with van der Waals surface area (Å²) in [6, 6.07) is -0.0173. The van der Waals surface area contributed by atoms with Crippen molar-refractivity contribution in [3.63, 3.8) is 0 Å². The first-order valence-corrected chi connectivity index (χ1v) is 6.26. The third kappa shape index (κ3) is 3.71. The van der Waals surface area contributed by atoms with E-state index >= 15 is 0 Å². The van der Waals surface area contributed by atoms with Gasteiger partial charge >= 0.3 is 11.1 Å². The Labute approximate surface area is 104 Å². The molecule has 6 nitrogen and oxygen atoms in total. The van der Waals surface area contributed by atoms with E-state index in [1.807, 2.05) is 0 Å². The zero-order chi connectivity index (χ0) is 13.2. The maximum Gasteiger partial charge on any atom is 0.339 e. The summed E-state index contributed by atoms with van der Waals surface area (Å²) in [5.41, 5.74) is 4.52. The molecule has 0 radical (unpaired) electrons. The van der Waals surface area contributed by atoms with Gasteiger partial charge in [0.05, 0.1) is 0 Å². The lowest BCUT2D eigenvalue weighted by atomic mass is 9.89. The van der Waals surface area contributed by atoms with E-state index in [4.69, 9.17) is 5.73 Å². The zero-order valence-electron chi connectivity index (χ0n) is 10.5. The van der Waals surface area contributed by atoms with Crippen molar-refractivity contribution in [2.45, 2.75) is 32.0 Å². The summed E-state index contributed by atoms with van der Waals surface area (Å²) in [5, 5.41) is 2.86. The van der Waals surface area contributed by atoms with Crippen molar-refractivity contribution < 1.29 is 0 Å². The molecule has 1 atom stereocenters. The van der Waals surface area contributed by atoms with Crippen molar-refractivity contribution >= 4 is 11.8 Å². The van der Waals surface area contributed by atoms with Crippen LogP contribution in [0, 0.1) is 5.41 Å². The van der Waals surface area contributed by atoms with E-state index in [0.29, 0.717) is 10.9 Å². The molecule has 1 aromatic heterocycles. The molecule has 17 heavy (non-hydrogen) atoms. The number of rotatable bonds is 3. The lowest BCUT2D eigenvalue weighted by molar-refractivity contribution is 0.344. The molecule has 1 unspecified atom stereocenters. The zero-order valence-corrected chi connectivity index (χ0v) is 11.3. The number of aromatic amines is 1. The Morgan fingerprint density at radius 1 is 1.47 bits per heavy atom. The highest BCUT2D eigenvalue weighted by Crippen LogP contribution is 2.22. The first-order chi connectivity index (χ1) is 7.71. The summed E-state index contributed by atoms with van der Waals surface area (Å²) in [7, 11) is 1.64. The number of nitrogens with zero attached hydrogens (tertiary/aromatic N) is 2. The van der Waals surface area contributed by atoms with Crippen molar-refractivity contribution in [1.29, 1.82) is 0 Å². The molecule has 7 heteroatoms. The van der Waals surface area contributed by atoms with Gasteiger partial charge in [-0.25, -0.2) is 0 Å². The molecule has 0 amide bonds. The van der Waals surface area contributed by atoms with E-state index in [9.17, 15) is 9.59 Å². The minimum absolute atomic E-state index is 0.00590. The average molecular weight is 258 g/mol. The van der Waals surface area contributed by atoms with Gasteiger partial charge in [-0.1, -0.05) is 32.5 Å². The molecule has 1 aromatic rings. The number of thioether (sulfide) groups is 1. The molecule has 96 valence electrons. The molecule has 1 heterocycles. The van der Waals surface area contributed by atoms with Gasteiger partial charge in [0.1, 0.15) is 0 Å². The number of hydrogen-bond acceptors (Lipinski definition) is 5.